The Morgan fingerprint density at radius 1 is 1.47 bits per heavy atom. The number of alkyl halides is 1. The zero-order chi connectivity index (χ0) is 13.4. The molecule has 1 aliphatic heterocycles. The number of halogens is 1. The third kappa shape index (κ3) is 2.44. The van der Waals surface area contributed by atoms with Crippen molar-refractivity contribution in [2.24, 2.45) is 5.41 Å². The number of hydrogen-bond donors (Lipinski definition) is 1. The summed E-state index contributed by atoms with van der Waals surface area (Å²) in [7, 11) is 0. The third-order valence-corrected chi connectivity index (χ3v) is 3.61. The van der Waals surface area contributed by atoms with Crippen LogP contribution in [0.25, 0.3) is 0 Å². The average Bonchev–Trinajstić information content (AvgIpc) is 2.22. The largest absolute Gasteiger partial charge is 0.319 e. The summed E-state index contributed by atoms with van der Waals surface area (Å²) in [5.74, 6) is -1.09. The number of hydrogen-bond acceptors (Lipinski definition) is 3. The zero-order valence-corrected chi connectivity index (χ0v) is 11.2. The van der Waals surface area contributed by atoms with Crippen molar-refractivity contribution in [2.75, 3.05) is 12.4 Å². The van der Waals surface area contributed by atoms with E-state index in [0.717, 1.165) is 0 Å². The molecule has 0 radical (unpaired) electrons. The van der Waals surface area contributed by atoms with Crippen LogP contribution in [0, 0.1) is 5.41 Å². The molecule has 0 atom stereocenters. The molecule has 0 saturated carbocycles. The van der Waals surface area contributed by atoms with Crippen molar-refractivity contribution in [1.29, 1.82) is 0 Å². The molecule has 0 aliphatic carbocycles. The monoisotopic (exact) mass is 260 g/mol. The van der Waals surface area contributed by atoms with E-state index >= 15 is 0 Å². The van der Waals surface area contributed by atoms with Gasteiger partial charge in [-0.3, -0.25) is 19.7 Å². The quantitative estimate of drug-likeness (QED) is 0.581. The number of carbonyl (C=O) groups excluding carboxylic acids is 3. The topological polar surface area (TPSA) is 66.5 Å². The number of imide groups is 1. The minimum Gasteiger partial charge on any atom is -0.319 e. The van der Waals surface area contributed by atoms with Crippen molar-refractivity contribution in [1.82, 2.24) is 10.2 Å². The molecular formula is C11H17ClN2O3. The van der Waals surface area contributed by atoms with Gasteiger partial charge in [-0.05, 0) is 27.7 Å². The number of rotatable bonds is 2. The number of nitrogens with one attached hydrogen (secondary N) is 1. The molecule has 3 amide bonds. The molecule has 1 aliphatic rings. The van der Waals surface area contributed by atoms with Crippen molar-refractivity contribution < 1.29 is 14.4 Å². The normalized spacial score (nSPS) is 20.2. The molecule has 96 valence electrons. The molecule has 0 spiro atoms. The highest BCUT2D eigenvalue weighted by Gasteiger charge is 2.46. The summed E-state index contributed by atoms with van der Waals surface area (Å²) in [6.07, 6.45) is 0. The van der Waals surface area contributed by atoms with Crippen LogP contribution in [0.4, 0.5) is 0 Å². The minimum atomic E-state index is -1.03. The Hall–Kier alpha value is -1.10. The van der Waals surface area contributed by atoms with Gasteiger partial charge in [0.25, 0.3) is 5.91 Å². The van der Waals surface area contributed by atoms with E-state index in [9.17, 15) is 14.4 Å². The Morgan fingerprint density at radius 3 is 2.47 bits per heavy atom. The van der Waals surface area contributed by atoms with Crippen LogP contribution >= 0.6 is 11.6 Å². The molecule has 1 heterocycles. The van der Waals surface area contributed by atoms with E-state index in [1.807, 2.05) is 0 Å². The lowest BCUT2D eigenvalue weighted by molar-refractivity contribution is -0.159. The molecule has 6 heteroatoms. The van der Waals surface area contributed by atoms with Gasteiger partial charge in [0, 0.05) is 5.88 Å². The van der Waals surface area contributed by atoms with Crippen molar-refractivity contribution in [3.05, 3.63) is 0 Å². The molecule has 1 fully saturated rings. The van der Waals surface area contributed by atoms with E-state index in [2.05, 4.69) is 5.32 Å². The fourth-order valence-corrected chi connectivity index (χ4v) is 1.65. The number of nitrogens with zero attached hydrogens (tertiary/aromatic N) is 1. The zero-order valence-electron chi connectivity index (χ0n) is 10.5. The maximum Gasteiger partial charge on any atom is 0.252 e. The van der Waals surface area contributed by atoms with Gasteiger partial charge in [0.2, 0.25) is 11.8 Å². The average molecular weight is 261 g/mol. The summed E-state index contributed by atoms with van der Waals surface area (Å²) in [6.45, 7) is 6.48. The van der Waals surface area contributed by atoms with Gasteiger partial charge in [0.05, 0.1) is 5.41 Å². The molecule has 17 heavy (non-hydrogen) atoms. The molecule has 0 aromatic heterocycles. The van der Waals surface area contributed by atoms with Gasteiger partial charge < -0.3 is 4.90 Å². The molecule has 1 N–H and O–H groups in total. The fraction of sp³-hybridized carbons (Fsp3) is 0.727. The van der Waals surface area contributed by atoms with Crippen LogP contribution in [0.15, 0.2) is 0 Å². The molecule has 0 bridgehead atoms. The van der Waals surface area contributed by atoms with Gasteiger partial charge in [0.15, 0.2) is 0 Å². The summed E-state index contributed by atoms with van der Waals surface area (Å²) >= 11 is 5.74. The summed E-state index contributed by atoms with van der Waals surface area (Å²) in [4.78, 5) is 36.6. The van der Waals surface area contributed by atoms with Crippen LogP contribution in [0.2, 0.25) is 0 Å². The van der Waals surface area contributed by atoms with Gasteiger partial charge in [-0.25, -0.2) is 0 Å². The Balaban J connectivity index is 3.06. The first-order valence-electron chi connectivity index (χ1n) is 5.35. The molecule has 1 rings (SSSR count). The number of piperazine rings is 1. The lowest BCUT2D eigenvalue weighted by Crippen LogP contribution is -2.67. The van der Waals surface area contributed by atoms with E-state index in [0.29, 0.717) is 0 Å². The first-order chi connectivity index (χ1) is 7.63. The number of amides is 3. The standard InChI is InChI=1S/C11H17ClN2O3/c1-10(2,6-12)9(17)14-5-7(15)13-8(16)11(14,3)4/h5-6H2,1-4H3,(H,13,15,16). The summed E-state index contributed by atoms with van der Waals surface area (Å²) < 4.78 is 0. The molecule has 0 aromatic rings. The second-order valence-corrected chi connectivity index (χ2v) is 5.61. The molecule has 5 nitrogen and oxygen atoms in total. The van der Waals surface area contributed by atoms with Crippen LogP contribution in [0.3, 0.4) is 0 Å². The molecule has 0 aromatic carbocycles. The van der Waals surface area contributed by atoms with Gasteiger partial charge >= 0.3 is 0 Å². The van der Waals surface area contributed by atoms with E-state index in [4.69, 9.17) is 11.6 Å². The molecular weight excluding hydrogens is 244 g/mol. The third-order valence-electron chi connectivity index (χ3n) is 2.94. The van der Waals surface area contributed by atoms with Crippen molar-refractivity contribution in [2.45, 2.75) is 33.2 Å². The second kappa shape index (κ2) is 4.29. The lowest BCUT2D eigenvalue weighted by Gasteiger charge is -2.43. The van der Waals surface area contributed by atoms with Crippen molar-refractivity contribution >= 4 is 29.3 Å². The molecule has 1 saturated heterocycles. The van der Waals surface area contributed by atoms with E-state index in [1.165, 1.54) is 4.90 Å². The van der Waals surface area contributed by atoms with Crippen molar-refractivity contribution in [3.63, 3.8) is 0 Å². The maximum absolute atomic E-state index is 12.3. The van der Waals surface area contributed by atoms with Crippen LogP contribution in [0.1, 0.15) is 27.7 Å². The van der Waals surface area contributed by atoms with E-state index in [-0.39, 0.29) is 18.3 Å². The predicted octanol–water partition coefficient (Wildman–Crippen LogP) is 0.515. The Labute approximate surface area is 105 Å². The van der Waals surface area contributed by atoms with Crippen molar-refractivity contribution in [3.8, 4) is 0 Å². The maximum atomic E-state index is 12.3. The SMILES string of the molecule is CC(C)(CCl)C(=O)N1CC(=O)NC(=O)C1(C)C. The highest BCUT2D eigenvalue weighted by Crippen LogP contribution is 2.27. The Morgan fingerprint density at radius 2 is 2.00 bits per heavy atom. The highest BCUT2D eigenvalue weighted by atomic mass is 35.5. The van der Waals surface area contributed by atoms with Crippen LogP contribution in [-0.2, 0) is 14.4 Å². The summed E-state index contributed by atoms with van der Waals surface area (Å²) in [6, 6.07) is 0. The van der Waals surface area contributed by atoms with Crippen LogP contribution < -0.4 is 5.32 Å². The van der Waals surface area contributed by atoms with Gasteiger partial charge in [-0.1, -0.05) is 0 Å². The second-order valence-electron chi connectivity index (χ2n) is 5.35. The fourth-order valence-electron chi connectivity index (χ4n) is 1.53. The highest BCUT2D eigenvalue weighted by molar-refractivity contribution is 6.20. The van der Waals surface area contributed by atoms with Crippen LogP contribution in [-0.4, -0.2) is 40.6 Å². The predicted molar refractivity (Wildman–Crippen MR) is 63.4 cm³/mol. The van der Waals surface area contributed by atoms with Gasteiger partial charge in [-0.2, -0.15) is 0 Å². The van der Waals surface area contributed by atoms with Crippen LogP contribution in [0.5, 0.6) is 0 Å². The summed E-state index contributed by atoms with van der Waals surface area (Å²) in [5.41, 5.74) is -1.83. The Bertz CT molecular complexity index is 377. The minimum absolute atomic E-state index is 0.113. The first kappa shape index (κ1) is 14.0. The Kier molecular flexibility index (Phi) is 3.52. The summed E-state index contributed by atoms with van der Waals surface area (Å²) in [5, 5.41) is 2.22. The smallest absolute Gasteiger partial charge is 0.252 e. The van der Waals surface area contributed by atoms with E-state index in [1.54, 1.807) is 27.7 Å². The lowest BCUT2D eigenvalue weighted by atomic mass is 9.89. The van der Waals surface area contributed by atoms with Gasteiger partial charge in [-0.15, -0.1) is 11.6 Å². The number of carbonyl (C=O) groups is 3. The first-order valence-corrected chi connectivity index (χ1v) is 5.88. The van der Waals surface area contributed by atoms with Gasteiger partial charge in [0.1, 0.15) is 12.1 Å². The van der Waals surface area contributed by atoms with E-state index < -0.39 is 22.8 Å². The molecule has 0 unspecified atom stereocenters.